The third kappa shape index (κ3) is 4.49. The van der Waals surface area contributed by atoms with Gasteiger partial charge >= 0.3 is 0 Å². The fourth-order valence-corrected chi connectivity index (χ4v) is 2.95. The maximum Gasteiger partial charge on any atom is 0.239 e. The maximum atomic E-state index is 12.3. The highest BCUT2D eigenvalue weighted by molar-refractivity contribution is 6.30. The second-order valence-corrected chi connectivity index (χ2v) is 6.08. The lowest BCUT2D eigenvalue weighted by Crippen LogP contribution is -2.46. The number of carbonyl (C=O) groups is 1. The van der Waals surface area contributed by atoms with Gasteiger partial charge in [0.1, 0.15) is 18.5 Å². The summed E-state index contributed by atoms with van der Waals surface area (Å²) < 4.78 is 1.82. The van der Waals surface area contributed by atoms with Crippen LogP contribution in [0.2, 0.25) is 5.02 Å². The number of nitrogens with zero attached hydrogens (tertiary/aromatic N) is 5. The zero-order valence-electron chi connectivity index (χ0n) is 12.7. The van der Waals surface area contributed by atoms with E-state index in [4.69, 9.17) is 11.6 Å². The van der Waals surface area contributed by atoms with Crippen LogP contribution >= 0.6 is 11.6 Å². The van der Waals surface area contributed by atoms with Gasteiger partial charge in [-0.3, -0.25) is 14.4 Å². The molecule has 2 aromatic rings. The molecule has 1 unspecified atom stereocenters. The largest absolute Gasteiger partial charge is 0.310 e. The van der Waals surface area contributed by atoms with Crippen molar-refractivity contribution in [3.05, 3.63) is 36.0 Å². The fourth-order valence-electron chi connectivity index (χ4n) is 2.83. The number of hydrogen-bond donors (Lipinski definition) is 1. The minimum atomic E-state index is -0.0645. The molecule has 0 spiro atoms. The number of nitrogens with one attached hydrogen (secondary N) is 1. The molecule has 1 amide bonds. The van der Waals surface area contributed by atoms with Gasteiger partial charge in [0.05, 0.1) is 18.1 Å². The van der Waals surface area contributed by atoms with E-state index in [-0.39, 0.29) is 5.91 Å². The van der Waals surface area contributed by atoms with Crippen LogP contribution in [0.5, 0.6) is 0 Å². The summed E-state index contributed by atoms with van der Waals surface area (Å²) in [6.45, 7) is 2.02. The maximum absolute atomic E-state index is 12.3. The van der Waals surface area contributed by atoms with Crippen molar-refractivity contribution in [2.75, 3.05) is 18.4 Å². The van der Waals surface area contributed by atoms with Crippen LogP contribution < -0.4 is 5.32 Å². The van der Waals surface area contributed by atoms with Gasteiger partial charge in [0.15, 0.2) is 0 Å². The average Bonchev–Trinajstić information content (AvgIpc) is 3.05. The van der Waals surface area contributed by atoms with Crippen LogP contribution in [0.3, 0.4) is 0 Å². The summed E-state index contributed by atoms with van der Waals surface area (Å²) in [6.07, 6.45) is 8.12. The lowest BCUT2D eigenvalue weighted by atomic mass is 10.0. The zero-order valence-corrected chi connectivity index (χ0v) is 13.5. The summed E-state index contributed by atoms with van der Waals surface area (Å²) in [4.78, 5) is 22.5. The van der Waals surface area contributed by atoms with Crippen LogP contribution in [-0.4, -0.2) is 49.7 Å². The minimum Gasteiger partial charge on any atom is -0.310 e. The van der Waals surface area contributed by atoms with Gasteiger partial charge in [-0.15, -0.1) is 0 Å². The molecule has 1 atom stereocenters. The fraction of sp³-hybridized carbons (Fsp3) is 0.467. The predicted octanol–water partition coefficient (Wildman–Crippen LogP) is 1.82. The highest BCUT2D eigenvalue weighted by Gasteiger charge is 2.25. The third-order valence-corrected chi connectivity index (χ3v) is 4.18. The van der Waals surface area contributed by atoms with Crippen molar-refractivity contribution >= 4 is 23.3 Å². The second kappa shape index (κ2) is 7.52. The summed E-state index contributed by atoms with van der Waals surface area (Å²) >= 11 is 5.79. The molecular weight excluding hydrogens is 316 g/mol. The van der Waals surface area contributed by atoms with Crippen molar-refractivity contribution in [3.63, 3.8) is 0 Å². The second-order valence-electron chi connectivity index (χ2n) is 5.65. The topological polar surface area (TPSA) is 75.9 Å². The van der Waals surface area contributed by atoms with Crippen LogP contribution in [-0.2, 0) is 11.3 Å². The molecule has 1 saturated heterocycles. The number of hydrogen-bond acceptors (Lipinski definition) is 5. The molecule has 0 saturated carbocycles. The molecule has 1 aliphatic heterocycles. The molecule has 0 aliphatic carbocycles. The normalized spacial score (nSPS) is 18.7. The molecule has 0 radical (unpaired) electrons. The van der Waals surface area contributed by atoms with Gasteiger partial charge < -0.3 is 5.32 Å². The van der Waals surface area contributed by atoms with Crippen molar-refractivity contribution in [3.8, 4) is 0 Å². The molecule has 0 aromatic carbocycles. The van der Waals surface area contributed by atoms with E-state index in [1.165, 1.54) is 18.9 Å². The lowest BCUT2D eigenvalue weighted by Gasteiger charge is -2.34. The van der Waals surface area contributed by atoms with Crippen LogP contribution in [0.4, 0.5) is 5.82 Å². The van der Waals surface area contributed by atoms with E-state index in [9.17, 15) is 4.79 Å². The first kappa shape index (κ1) is 15.9. The van der Waals surface area contributed by atoms with Gasteiger partial charge in [-0.2, -0.15) is 5.10 Å². The van der Waals surface area contributed by atoms with Crippen LogP contribution in [0.1, 0.15) is 19.3 Å². The Morgan fingerprint density at radius 1 is 1.39 bits per heavy atom. The molecule has 23 heavy (non-hydrogen) atoms. The van der Waals surface area contributed by atoms with Gasteiger partial charge in [-0.1, -0.05) is 18.0 Å². The Labute approximate surface area is 139 Å². The number of likely N-dealkylation sites (tertiary alicyclic amines) is 1. The van der Waals surface area contributed by atoms with Crippen molar-refractivity contribution in [1.82, 2.24) is 24.6 Å². The smallest absolute Gasteiger partial charge is 0.239 e. The van der Waals surface area contributed by atoms with E-state index in [1.807, 2.05) is 4.68 Å². The molecule has 3 heterocycles. The number of piperidine rings is 1. The minimum absolute atomic E-state index is 0.0645. The molecule has 7 nitrogen and oxygen atoms in total. The summed E-state index contributed by atoms with van der Waals surface area (Å²) in [6, 6.07) is 3.71. The van der Waals surface area contributed by atoms with E-state index < -0.39 is 0 Å². The summed E-state index contributed by atoms with van der Waals surface area (Å²) in [7, 11) is 0. The first-order chi connectivity index (χ1) is 11.2. The highest BCUT2D eigenvalue weighted by atomic mass is 35.5. The molecule has 0 bridgehead atoms. The molecule has 3 rings (SSSR count). The van der Waals surface area contributed by atoms with E-state index in [0.717, 1.165) is 25.9 Å². The van der Waals surface area contributed by atoms with Crippen LogP contribution in [0.25, 0.3) is 0 Å². The third-order valence-electron chi connectivity index (χ3n) is 3.96. The van der Waals surface area contributed by atoms with Gasteiger partial charge in [0, 0.05) is 12.2 Å². The van der Waals surface area contributed by atoms with Crippen molar-refractivity contribution in [2.45, 2.75) is 31.8 Å². The Bertz CT molecular complexity index is 630. The van der Waals surface area contributed by atoms with E-state index >= 15 is 0 Å². The van der Waals surface area contributed by atoms with E-state index in [0.29, 0.717) is 23.4 Å². The van der Waals surface area contributed by atoms with Gasteiger partial charge in [-0.25, -0.2) is 9.97 Å². The zero-order chi connectivity index (χ0) is 16.1. The Kier molecular flexibility index (Phi) is 5.19. The summed E-state index contributed by atoms with van der Waals surface area (Å²) in [5, 5.41) is 7.51. The number of halogens is 1. The van der Waals surface area contributed by atoms with Crippen molar-refractivity contribution in [1.29, 1.82) is 0 Å². The molecule has 2 aromatic heterocycles. The Morgan fingerprint density at radius 2 is 2.30 bits per heavy atom. The number of anilines is 1. The molecule has 1 fully saturated rings. The Balaban J connectivity index is 1.57. The molecule has 1 N–H and O–H groups in total. The number of rotatable bonds is 5. The summed E-state index contributed by atoms with van der Waals surface area (Å²) in [5.41, 5.74) is 0. The van der Waals surface area contributed by atoms with Crippen molar-refractivity contribution in [2.24, 2.45) is 0 Å². The van der Waals surface area contributed by atoms with E-state index in [2.05, 4.69) is 25.3 Å². The van der Waals surface area contributed by atoms with Crippen LogP contribution in [0.15, 0.2) is 31.0 Å². The van der Waals surface area contributed by atoms with E-state index in [1.54, 1.807) is 18.5 Å². The summed E-state index contributed by atoms with van der Waals surface area (Å²) in [5.74, 6) is 0.453. The number of carbonyl (C=O) groups excluding carboxylic acids is 1. The van der Waals surface area contributed by atoms with Gasteiger partial charge in [-0.05, 0) is 31.5 Å². The SMILES string of the molecule is O=C(CN1CCCCC1Cn1cncn1)Nc1ccc(Cl)cn1. The predicted molar refractivity (Wildman–Crippen MR) is 87.1 cm³/mol. The first-order valence-corrected chi connectivity index (χ1v) is 8.06. The highest BCUT2D eigenvalue weighted by Crippen LogP contribution is 2.18. The number of amides is 1. The Hall–Kier alpha value is -1.99. The van der Waals surface area contributed by atoms with Gasteiger partial charge in [0.25, 0.3) is 0 Å². The Morgan fingerprint density at radius 3 is 3.04 bits per heavy atom. The number of pyridine rings is 1. The first-order valence-electron chi connectivity index (χ1n) is 7.68. The molecule has 1 aliphatic rings. The lowest BCUT2D eigenvalue weighted by molar-refractivity contribution is -0.118. The molecular formula is C15H19ClN6O. The quantitative estimate of drug-likeness (QED) is 0.902. The average molecular weight is 335 g/mol. The van der Waals surface area contributed by atoms with Crippen molar-refractivity contribution < 1.29 is 4.79 Å². The monoisotopic (exact) mass is 334 g/mol. The number of aromatic nitrogens is 4. The van der Waals surface area contributed by atoms with Gasteiger partial charge in [0.2, 0.25) is 5.91 Å². The molecule has 8 heteroatoms. The van der Waals surface area contributed by atoms with Crippen LogP contribution in [0, 0.1) is 0 Å². The molecule has 122 valence electrons. The standard InChI is InChI=1S/C15H19ClN6O/c16-12-4-5-14(18-7-12)20-15(23)9-21-6-2-1-3-13(21)8-22-11-17-10-19-22/h4-5,7,10-11,13H,1-3,6,8-9H2,(H,18,20,23).